The Balaban J connectivity index is 2.80. The lowest BCUT2D eigenvalue weighted by molar-refractivity contribution is -0.108. The van der Waals surface area contributed by atoms with Crippen LogP contribution in [0.4, 0.5) is 0 Å². The minimum absolute atomic E-state index is 0.451. The van der Waals surface area contributed by atoms with E-state index < -0.39 is 5.24 Å². The maximum absolute atomic E-state index is 10.2. The first-order valence-electron chi connectivity index (χ1n) is 2.07. The smallest absolute Gasteiger partial charge is 0.275 e. The van der Waals surface area contributed by atoms with Crippen LogP contribution in [0, 0.1) is 0 Å². The summed E-state index contributed by atoms with van der Waals surface area (Å²) in [5.41, 5.74) is 0.451. The van der Waals surface area contributed by atoms with Gasteiger partial charge in [0.2, 0.25) is 0 Å². The van der Waals surface area contributed by atoms with E-state index in [1.165, 1.54) is 12.4 Å². The third kappa shape index (κ3) is 0.861. The molecule has 0 saturated heterocycles. The van der Waals surface area contributed by atoms with Gasteiger partial charge in [-0.25, -0.2) is 0 Å². The first-order chi connectivity index (χ1) is 3.80. The lowest BCUT2D eigenvalue weighted by Crippen LogP contribution is -1.91. The minimum atomic E-state index is -0.456. The van der Waals surface area contributed by atoms with Crippen molar-refractivity contribution in [3.63, 3.8) is 0 Å². The molecular formula is C5H3ClNO+. The van der Waals surface area contributed by atoms with Crippen molar-refractivity contribution < 1.29 is 4.79 Å². The van der Waals surface area contributed by atoms with Gasteiger partial charge in [-0.05, 0) is 11.6 Å². The van der Waals surface area contributed by atoms with Crippen LogP contribution in [0.15, 0.2) is 11.6 Å². The predicted octanol–water partition coefficient (Wildman–Crippen LogP) is -0.0994. The molecule has 0 aromatic carbocycles. The number of allylic oxidation sites excluding steroid dienone is 2. The third-order valence-corrected chi connectivity index (χ3v) is 0.999. The molecule has 0 atom stereocenters. The second-order valence-corrected chi connectivity index (χ2v) is 1.67. The van der Waals surface area contributed by atoms with E-state index in [0.717, 1.165) is 0 Å². The van der Waals surface area contributed by atoms with E-state index in [0.29, 0.717) is 5.57 Å². The second kappa shape index (κ2) is 1.95. The molecule has 0 spiro atoms. The zero-order valence-electron chi connectivity index (χ0n) is 3.97. The average Bonchev–Trinajstić information content (AvgIpc) is 2.12. The molecule has 1 heterocycles. The van der Waals surface area contributed by atoms with Crippen LogP contribution in [-0.2, 0) is 4.79 Å². The molecule has 0 aromatic rings. The number of halogens is 1. The van der Waals surface area contributed by atoms with Gasteiger partial charge in [-0.2, -0.15) is 0 Å². The Morgan fingerprint density at radius 1 is 1.75 bits per heavy atom. The highest BCUT2D eigenvalue weighted by atomic mass is 35.5. The van der Waals surface area contributed by atoms with E-state index in [2.05, 4.69) is 4.67 Å². The molecule has 1 aliphatic rings. The lowest BCUT2D eigenvalue weighted by Gasteiger charge is -1.73. The fourth-order valence-corrected chi connectivity index (χ4v) is 0.518. The average molecular weight is 129 g/mol. The van der Waals surface area contributed by atoms with Crippen molar-refractivity contribution >= 4 is 29.3 Å². The summed E-state index contributed by atoms with van der Waals surface area (Å²) >= 11 is 5.07. The Morgan fingerprint density at radius 2 is 2.50 bits per heavy atom. The summed E-state index contributed by atoms with van der Waals surface area (Å²) in [4.78, 5) is 10.2. The Morgan fingerprint density at radius 3 is 2.75 bits per heavy atom. The summed E-state index contributed by atoms with van der Waals surface area (Å²) in [6.45, 7) is 0. The van der Waals surface area contributed by atoms with Crippen molar-refractivity contribution in [3.8, 4) is 0 Å². The van der Waals surface area contributed by atoms with Crippen molar-refractivity contribution in [2.75, 3.05) is 0 Å². The van der Waals surface area contributed by atoms with Crippen LogP contribution in [0.1, 0.15) is 0 Å². The Labute approximate surface area is 51.2 Å². The molecule has 0 fully saturated rings. The maximum atomic E-state index is 10.2. The van der Waals surface area contributed by atoms with Crippen LogP contribution in [0.25, 0.3) is 0 Å². The van der Waals surface area contributed by atoms with E-state index in [9.17, 15) is 4.79 Å². The Hall–Kier alpha value is -0.850. The van der Waals surface area contributed by atoms with Crippen LogP contribution in [0.2, 0.25) is 0 Å². The number of hydrogen-bond donors (Lipinski definition) is 0. The van der Waals surface area contributed by atoms with Crippen molar-refractivity contribution in [1.82, 2.24) is 4.67 Å². The van der Waals surface area contributed by atoms with Gasteiger partial charge < -0.3 is 0 Å². The van der Waals surface area contributed by atoms with Crippen molar-refractivity contribution in [2.45, 2.75) is 0 Å². The summed E-state index contributed by atoms with van der Waals surface area (Å²) in [6, 6.07) is 0. The largest absolute Gasteiger partial charge is 0.304 e. The molecule has 3 heteroatoms. The molecule has 0 aromatic heterocycles. The summed E-state index contributed by atoms with van der Waals surface area (Å²) in [5.74, 6) is 0. The van der Waals surface area contributed by atoms with Gasteiger partial charge in [-0.1, -0.05) is 0 Å². The highest BCUT2D eigenvalue weighted by Crippen LogP contribution is 1.95. The molecule has 2 nitrogen and oxygen atoms in total. The highest BCUT2D eigenvalue weighted by molar-refractivity contribution is 6.70. The van der Waals surface area contributed by atoms with E-state index in [1.54, 1.807) is 6.08 Å². The number of hydrogen-bond acceptors (Lipinski definition) is 1. The van der Waals surface area contributed by atoms with Gasteiger partial charge in [0.1, 0.15) is 5.57 Å². The monoisotopic (exact) mass is 128 g/mol. The molecule has 0 unspecified atom stereocenters. The van der Waals surface area contributed by atoms with Crippen molar-refractivity contribution in [1.29, 1.82) is 0 Å². The quantitative estimate of drug-likeness (QED) is 0.359. The first kappa shape index (κ1) is 5.29. The van der Waals surface area contributed by atoms with Gasteiger partial charge in [-0.3, -0.25) is 4.79 Å². The molecule has 0 bridgehead atoms. The van der Waals surface area contributed by atoms with Crippen LogP contribution < -0.4 is 4.67 Å². The van der Waals surface area contributed by atoms with Gasteiger partial charge in [0.25, 0.3) is 11.5 Å². The van der Waals surface area contributed by atoms with E-state index in [-0.39, 0.29) is 0 Å². The number of carbonyl (C=O) groups excluding carboxylic acids is 1. The molecule has 40 valence electrons. The predicted molar refractivity (Wildman–Crippen MR) is 33.2 cm³/mol. The van der Waals surface area contributed by atoms with E-state index >= 15 is 0 Å². The molecule has 8 heavy (non-hydrogen) atoms. The third-order valence-electron chi connectivity index (χ3n) is 0.781. The summed E-state index contributed by atoms with van der Waals surface area (Å²) < 4.78 is 3.64. The molecule has 1 rings (SSSR count). The number of rotatable bonds is 1. The van der Waals surface area contributed by atoms with Gasteiger partial charge in [-0.15, -0.1) is 4.67 Å². The highest BCUT2D eigenvalue weighted by Gasteiger charge is 2.10. The number of carbonyl (C=O) groups is 1. The number of nitrogens with zero attached hydrogens (tertiary/aromatic N) is 1. The van der Waals surface area contributed by atoms with Crippen molar-refractivity contribution in [3.05, 3.63) is 11.6 Å². The standard InChI is InChI=1S/C5H3ClNO/c6-5(8)4-1-2-7-3-4/h1-3H/q+1. The summed E-state index contributed by atoms with van der Waals surface area (Å²) in [6.07, 6.45) is 4.51. The van der Waals surface area contributed by atoms with Gasteiger partial charge in [0.05, 0.1) is 0 Å². The molecule has 0 aliphatic carbocycles. The molecule has 0 amide bonds. The van der Waals surface area contributed by atoms with Crippen molar-refractivity contribution in [2.24, 2.45) is 0 Å². The molecule has 0 saturated carbocycles. The topological polar surface area (TPSA) is 31.2 Å². The van der Waals surface area contributed by atoms with Crippen LogP contribution in [0.5, 0.6) is 0 Å². The molecule has 0 N–H and O–H groups in total. The fourth-order valence-electron chi connectivity index (χ4n) is 0.406. The van der Waals surface area contributed by atoms with E-state index in [1.807, 2.05) is 0 Å². The molecule has 0 radical (unpaired) electrons. The second-order valence-electron chi connectivity index (χ2n) is 1.32. The summed E-state index contributed by atoms with van der Waals surface area (Å²) in [7, 11) is 0. The summed E-state index contributed by atoms with van der Waals surface area (Å²) in [5, 5.41) is -0.456. The normalized spacial score (nSPS) is 14.4. The Kier molecular flexibility index (Phi) is 1.29. The van der Waals surface area contributed by atoms with Crippen LogP contribution >= 0.6 is 11.6 Å². The zero-order chi connectivity index (χ0) is 5.98. The van der Waals surface area contributed by atoms with Gasteiger partial charge in [0, 0.05) is 6.08 Å². The van der Waals surface area contributed by atoms with Crippen LogP contribution in [-0.4, -0.2) is 17.7 Å². The fraction of sp³-hybridized carbons (Fsp3) is 0. The molecule has 1 aliphatic heterocycles. The Bertz CT molecular complexity index is 210. The first-order valence-corrected chi connectivity index (χ1v) is 2.45. The lowest BCUT2D eigenvalue weighted by atomic mass is 10.3. The zero-order valence-corrected chi connectivity index (χ0v) is 4.72. The van der Waals surface area contributed by atoms with E-state index in [4.69, 9.17) is 11.6 Å². The minimum Gasteiger partial charge on any atom is -0.275 e. The van der Waals surface area contributed by atoms with Gasteiger partial charge in [0.15, 0.2) is 0 Å². The SMILES string of the molecule is O=C(Cl)C1=CC=[N+]=C1. The van der Waals surface area contributed by atoms with Crippen LogP contribution in [0.3, 0.4) is 0 Å². The molecular weight excluding hydrogens is 126 g/mol. The maximum Gasteiger partial charge on any atom is 0.304 e. The van der Waals surface area contributed by atoms with Gasteiger partial charge >= 0.3 is 6.21 Å².